The Morgan fingerprint density at radius 2 is 2.10 bits per heavy atom. The number of nitrogen functional groups attached to an aromatic ring is 1. The van der Waals surface area contributed by atoms with Gasteiger partial charge in [-0.1, -0.05) is 11.6 Å². The molecular formula is C6H5ClFNO. The van der Waals surface area contributed by atoms with E-state index in [4.69, 9.17) is 22.4 Å². The Kier molecular flexibility index (Phi) is 1.68. The molecule has 4 heteroatoms. The summed E-state index contributed by atoms with van der Waals surface area (Å²) in [6.45, 7) is 0. The fourth-order valence-corrected chi connectivity index (χ4v) is 0.722. The molecule has 0 bridgehead atoms. The van der Waals surface area contributed by atoms with Crippen molar-refractivity contribution in [1.29, 1.82) is 0 Å². The van der Waals surface area contributed by atoms with Gasteiger partial charge in [-0.3, -0.25) is 0 Å². The van der Waals surface area contributed by atoms with Gasteiger partial charge in [0.25, 0.3) is 0 Å². The van der Waals surface area contributed by atoms with Gasteiger partial charge in [-0.2, -0.15) is 0 Å². The lowest BCUT2D eigenvalue weighted by Gasteiger charge is -2.00. The number of phenols is 1. The van der Waals surface area contributed by atoms with Gasteiger partial charge in [0, 0.05) is 0 Å². The Labute approximate surface area is 62.0 Å². The maximum atomic E-state index is 12.4. The molecule has 0 aliphatic rings. The van der Waals surface area contributed by atoms with Crippen LogP contribution in [0.4, 0.5) is 10.1 Å². The molecule has 0 amide bonds. The van der Waals surface area contributed by atoms with Gasteiger partial charge in [0.2, 0.25) is 0 Å². The third kappa shape index (κ3) is 0.998. The standard InChI is InChI=1S/C6H5ClFNO/c7-3-1-2-4(8)5(9)6(3)10/h1-2,10H,9H2. The van der Waals surface area contributed by atoms with Crippen LogP contribution in [0.3, 0.4) is 0 Å². The van der Waals surface area contributed by atoms with Gasteiger partial charge in [0.05, 0.1) is 5.02 Å². The summed E-state index contributed by atoms with van der Waals surface area (Å²) in [7, 11) is 0. The molecule has 0 heterocycles. The second-order valence-corrected chi connectivity index (χ2v) is 2.20. The summed E-state index contributed by atoms with van der Waals surface area (Å²) >= 11 is 5.39. The number of halogens is 2. The zero-order chi connectivity index (χ0) is 7.72. The topological polar surface area (TPSA) is 46.2 Å². The molecule has 0 aliphatic carbocycles. The highest BCUT2D eigenvalue weighted by molar-refractivity contribution is 6.32. The highest BCUT2D eigenvalue weighted by atomic mass is 35.5. The number of rotatable bonds is 0. The van der Waals surface area contributed by atoms with Crippen LogP contribution in [0.2, 0.25) is 5.02 Å². The van der Waals surface area contributed by atoms with Crippen molar-refractivity contribution in [2.24, 2.45) is 0 Å². The minimum absolute atomic E-state index is 0.0545. The molecule has 1 aromatic carbocycles. The summed E-state index contributed by atoms with van der Waals surface area (Å²) < 4.78 is 12.4. The lowest BCUT2D eigenvalue weighted by molar-refractivity contribution is 0.473. The first-order valence-corrected chi connectivity index (χ1v) is 2.93. The van der Waals surface area contributed by atoms with Crippen LogP contribution in [0, 0.1) is 5.82 Å². The van der Waals surface area contributed by atoms with E-state index in [0.29, 0.717) is 0 Å². The molecule has 0 fully saturated rings. The van der Waals surface area contributed by atoms with Gasteiger partial charge in [0.15, 0.2) is 5.75 Å². The van der Waals surface area contributed by atoms with Gasteiger partial charge >= 0.3 is 0 Å². The van der Waals surface area contributed by atoms with E-state index < -0.39 is 11.6 Å². The first kappa shape index (κ1) is 7.15. The van der Waals surface area contributed by atoms with Gasteiger partial charge in [0.1, 0.15) is 11.5 Å². The van der Waals surface area contributed by atoms with Crippen molar-refractivity contribution >= 4 is 17.3 Å². The summed E-state index contributed by atoms with van der Waals surface area (Å²) in [4.78, 5) is 0. The molecule has 0 aliphatic heterocycles. The van der Waals surface area contributed by atoms with Crippen molar-refractivity contribution < 1.29 is 9.50 Å². The molecule has 0 saturated carbocycles. The highest BCUT2D eigenvalue weighted by Gasteiger charge is 2.06. The molecule has 0 atom stereocenters. The lowest BCUT2D eigenvalue weighted by atomic mass is 10.3. The Bertz CT molecular complexity index is 237. The van der Waals surface area contributed by atoms with Crippen LogP contribution in [0.5, 0.6) is 5.75 Å². The summed E-state index contributed by atoms with van der Waals surface area (Å²) in [6, 6.07) is 2.33. The minimum atomic E-state index is -0.665. The number of anilines is 1. The average Bonchev–Trinajstić information content (AvgIpc) is 1.93. The molecule has 0 unspecified atom stereocenters. The zero-order valence-electron chi connectivity index (χ0n) is 4.94. The average molecular weight is 162 g/mol. The number of benzene rings is 1. The molecule has 0 saturated heterocycles. The Balaban J connectivity index is 3.34. The van der Waals surface area contributed by atoms with Crippen molar-refractivity contribution in [3.8, 4) is 5.75 Å². The Morgan fingerprint density at radius 1 is 1.50 bits per heavy atom. The quantitative estimate of drug-likeness (QED) is 0.450. The van der Waals surface area contributed by atoms with Crippen molar-refractivity contribution in [3.63, 3.8) is 0 Å². The number of phenolic OH excluding ortho intramolecular Hbond substituents is 1. The predicted octanol–water partition coefficient (Wildman–Crippen LogP) is 1.77. The maximum Gasteiger partial charge on any atom is 0.160 e. The van der Waals surface area contributed by atoms with E-state index >= 15 is 0 Å². The molecule has 1 aromatic rings. The van der Waals surface area contributed by atoms with E-state index in [0.717, 1.165) is 6.07 Å². The molecule has 3 N–H and O–H groups in total. The molecule has 10 heavy (non-hydrogen) atoms. The highest BCUT2D eigenvalue weighted by Crippen LogP contribution is 2.30. The maximum absolute atomic E-state index is 12.4. The van der Waals surface area contributed by atoms with E-state index in [1.54, 1.807) is 0 Å². The zero-order valence-corrected chi connectivity index (χ0v) is 5.69. The normalized spacial score (nSPS) is 9.80. The second kappa shape index (κ2) is 2.34. The van der Waals surface area contributed by atoms with E-state index in [1.807, 2.05) is 0 Å². The van der Waals surface area contributed by atoms with Crippen molar-refractivity contribution in [2.45, 2.75) is 0 Å². The van der Waals surface area contributed by atoms with Crippen molar-refractivity contribution in [3.05, 3.63) is 23.0 Å². The lowest BCUT2D eigenvalue weighted by Crippen LogP contribution is -1.90. The van der Waals surface area contributed by atoms with Gasteiger partial charge in [-0.25, -0.2) is 4.39 Å². The van der Waals surface area contributed by atoms with Gasteiger partial charge in [-0.05, 0) is 12.1 Å². The van der Waals surface area contributed by atoms with Crippen LogP contribution in [0.1, 0.15) is 0 Å². The van der Waals surface area contributed by atoms with Crippen molar-refractivity contribution in [1.82, 2.24) is 0 Å². The predicted molar refractivity (Wildman–Crippen MR) is 37.5 cm³/mol. The molecule has 2 nitrogen and oxygen atoms in total. The monoisotopic (exact) mass is 161 g/mol. The van der Waals surface area contributed by atoms with E-state index in [2.05, 4.69) is 0 Å². The van der Waals surface area contributed by atoms with Crippen LogP contribution in [-0.2, 0) is 0 Å². The fourth-order valence-electron chi connectivity index (χ4n) is 0.557. The molecule has 0 spiro atoms. The van der Waals surface area contributed by atoms with Crippen LogP contribution in [0.15, 0.2) is 12.1 Å². The van der Waals surface area contributed by atoms with Crippen LogP contribution in [0.25, 0.3) is 0 Å². The molecule has 1 rings (SSSR count). The van der Waals surface area contributed by atoms with Gasteiger partial charge in [-0.15, -0.1) is 0 Å². The smallest absolute Gasteiger partial charge is 0.160 e. The summed E-state index contributed by atoms with van der Waals surface area (Å²) in [5, 5.41) is 8.94. The van der Waals surface area contributed by atoms with E-state index in [1.165, 1.54) is 6.07 Å². The number of aromatic hydroxyl groups is 1. The minimum Gasteiger partial charge on any atom is -0.504 e. The largest absolute Gasteiger partial charge is 0.504 e. The Morgan fingerprint density at radius 3 is 2.60 bits per heavy atom. The third-order valence-corrected chi connectivity index (χ3v) is 1.42. The number of hydrogen-bond acceptors (Lipinski definition) is 2. The molecule has 54 valence electrons. The molecule has 0 radical (unpaired) electrons. The first-order valence-electron chi connectivity index (χ1n) is 2.55. The summed E-state index contributed by atoms with van der Waals surface area (Å²) in [6.07, 6.45) is 0. The summed E-state index contributed by atoms with van der Waals surface area (Å²) in [5.74, 6) is -1.07. The van der Waals surface area contributed by atoms with Crippen LogP contribution >= 0.6 is 11.6 Å². The second-order valence-electron chi connectivity index (χ2n) is 1.79. The van der Waals surface area contributed by atoms with Gasteiger partial charge < -0.3 is 10.8 Å². The third-order valence-electron chi connectivity index (χ3n) is 1.11. The molecular weight excluding hydrogens is 157 g/mol. The Hall–Kier alpha value is -0.960. The fraction of sp³-hybridized carbons (Fsp3) is 0. The van der Waals surface area contributed by atoms with E-state index in [9.17, 15) is 4.39 Å². The number of nitrogens with two attached hydrogens (primary N) is 1. The number of hydrogen-bond donors (Lipinski definition) is 2. The first-order chi connectivity index (χ1) is 4.63. The summed E-state index contributed by atoms with van der Waals surface area (Å²) in [5.41, 5.74) is 4.76. The SMILES string of the molecule is Nc1c(F)ccc(Cl)c1O. The van der Waals surface area contributed by atoms with Crippen molar-refractivity contribution in [2.75, 3.05) is 5.73 Å². The van der Waals surface area contributed by atoms with Crippen LogP contribution in [-0.4, -0.2) is 5.11 Å². The van der Waals surface area contributed by atoms with Crippen LogP contribution < -0.4 is 5.73 Å². The molecule has 0 aromatic heterocycles. The van der Waals surface area contributed by atoms with E-state index in [-0.39, 0.29) is 10.7 Å².